The van der Waals surface area contributed by atoms with Gasteiger partial charge in [0.25, 0.3) is 0 Å². The minimum Gasteiger partial charge on any atom is -0.398 e. The van der Waals surface area contributed by atoms with Crippen molar-refractivity contribution in [3.8, 4) is 0 Å². The fourth-order valence-electron chi connectivity index (χ4n) is 1.59. The number of hydrogen-bond acceptors (Lipinski definition) is 4. The zero-order chi connectivity index (χ0) is 14.8. The molecule has 0 atom stereocenters. The van der Waals surface area contributed by atoms with Crippen LogP contribution in [0.15, 0.2) is 39.0 Å². The van der Waals surface area contributed by atoms with E-state index in [1.54, 1.807) is 11.3 Å². The number of nitrogens with two attached hydrogens (primary N) is 1. The number of hydrogen-bond donors (Lipinski definition) is 2. The van der Waals surface area contributed by atoms with Gasteiger partial charge in [0.2, 0.25) is 10.0 Å². The second kappa shape index (κ2) is 6.21. The number of rotatable bonds is 5. The number of anilines is 1. The fourth-order valence-corrected chi connectivity index (χ4v) is 3.74. The minimum atomic E-state index is -3.90. The van der Waals surface area contributed by atoms with E-state index >= 15 is 0 Å². The molecule has 0 fully saturated rings. The molecule has 0 radical (unpaired) electrons. The summed E-state index contributed by atoms with van der Waals surface area (Å²) in [5, 5.41) is 1.92. The molecule has 3 N–H and O–H groups in total. The first-order valence-electron chi connectivity index (χ1n) is 5.67. The SMILES string of the molecule is Nc1cc(S(=O)(=O)NCCc2cccs2)c(F)cc1Br. The third-order valence-electron chi connectivity index (χ3n) is 2.58. The molecule has 0 saturated carbocycles. The second-order valence-corrected chi connectivity index (χ2v) is 7.65. The van der Waals surface area contributed by atoms with E-state index < -0.39 is 20.7 Å². The van der Waals surface area contributed by atoms with Gasteiger partial charge in [-0.2, -0.15) is 0 Å². The van der Waals surface area contributed by atoms with Crippen LogP contribution in [0.3, 0.4) is 0 Å². The minimum absolute atomic E-state index is 0.171. The van der Waals surface area contributed by atoms with Gasteiger partial charge in [-0.15, -0.1) is 11.3 Å². The predicted molar refractivity (Wildman–Crippen MR) is 81.7 cm³/mol. The van der Waals surface area contributed by atoms with Gasteiger partial charge >= 0.3 is 0 Å². The monoisotopic (exact) mass is 378 g/mol. The predicted octanol–water partition coefficient (Wildman–Crippen LogP) is 2.75. The van der Waals surface area contributed by atoms with Crippen LogP contribution in [0.2, 0.25) is 0 Å². The highest BCUT2D eigenvalue weighted by atomic mass is 79.9. The van der Waals surface area contributed by atoms with Gasteiger partial charge in [-0.25, -0.2) is 17.5 Å². The molecule has 4 nitrogen and oxygen atoms in total. The lowest BCUT2D eigenvalue weighted by Gasteiger charge is -2.09. The Labute approximate surface area is 129 Å². The van der Waals surface area contributed by atoms with Gasteiger partial charge in [0, 0.05) is 21.6 Å². The molecule has 0 aliphatic carbocycles. The third-order valence-corrected chi connectivity index (χ3v) is 5.68. The van der Waals surface area contributed by atoms with Crippen molar-refractivity contribution in [3.63, 3.8) is 0 Å². The van der Waals surface area contributed by atoms with Crippen LogP contribution in [0.4, 0.5) is 10.1 Å². The quantitative estimate of drug-likeness (QED) is 0.785. The van der Waals surface area contributed by atoms with Crippen LogP contribution in [0.1, 0.15) is 4.88 Å². The molecule has 0 aliphatic heterocycles. The molecular formula is C12H12BrFN2O2S2. The van der Waals surface area contributed by atoms with Gasteiger partial charge in [0.05, 0.1) is 0 Å². The summed E-state index contributed by atoms with van der Waals surface area (Å²) in [7, 11) is -3.90. The zero-order valence-corrected chi connectivity index (χ0v) is 13.5. The lowest BCUT2D eigenvalue weighted by molar-refractivity contribution is 0.557. The first-order valence-corrected chi connectivity index (χ1v) is 8.82. The Morgan fingerprint density at radius 1 is 1.40 bits per heavy atom. The number of halogens is 2. The largest absolute Gasteiger partial charge is 0.398 e. The van der Waals surface area contributed by atoms with E-state index in [1.165, 1.54) is 0 Å². The van der Waals surface area contributed by atoms with E-state index in [9.17, 15) is 12.8 Å². The number of nitrogens with one attached hydrogen (secondary N) is 1. The van der Waals surface area contributed by atoms with Crippen LogP contribution >= 0.6 is 27.3 Å². The van der Waals surface area contributed by atoms with Crippen molar-refractivity contribution >= 4 is 43.0 Å². The number of benzene rings is 1. The normalized spacial score (nSPS) is 11.7. The third kappa shape index (κ3) is 3.57. The summed E-state index contributed by atoms with van der Waals surface area (Å²) < 4.78 is 40.5. The maximum absolute atomic E-state index is 13.7. The smallest absolute Gasteiger partial charge is 0.243 e. The van der Waals surface area contributed by atoms with Crippen LogP contribution < -0.4 is 10.5 Å². The van der Waals surface area contributed by atoms with Gasteiger partial charge in [0.1, 0.15) is 10.7 Å². The van der Waals surface area contributed by atoms with E-state index in [-0.39, 0.29) is 12.2 Å². The van der Waals surface area contributed by atoms with Gasteiger partial charge in [-0.1, -0.05) is 6.07 Å². The molecule has 2 aromatic rings. The molecule has 0 unspecified atom stereocenters. The number of thiophene rings is 1. The van der Waals surface area contributed by atoms with Crippen molar-refractivity contribution < 1.29 is 12.8 Å². The Bertz CT molecular complexity index is 702. The van der Waals surface area contributed by atoms with Crippen LogP contribution in [-0.4, -0.2) is 15.0 Å². The summed E-state index contributed by atoms with van der Waals surface area (Å²) in [4.78, 5) is 0.618. The van der Waals surface area contributed by atoms with Crippen molar-refractivity contribution in [3.05, 3.63) is 44.8 Å². The highest BCUT2D eigenvalue weighted by Gasteiger charge is 2.20. The lowest BCUT2D eigenvalue weighted by Crippen LogP contribution is -2.26. The Kier molecular flexibility index (Phi) is 4.79. The molecule has 1 heterocycles. The van der Waals surface area contributed by atoms with Crippen molar-refractivity contribution in [2.75, 3.05) is 12.3 Å². The van der Waals surface area contributed by atoms with Crippen LogP contribution in [-0.2, 0) is 16.4 Å². The molecule has 1 aromatic heterocycles. The average molecular weight is 379 g/mol. The lowest BCUT2D eigenvalue weighted by atomic mass is 10.3. The number of nitrogen functional groups attached to an aromatic ring is 1. The van der Waals surface area contributed by atoms with Crippen molar-refractivity contribution in [2.24, 2.45) is 0 Å². The van der Waals surface area contributed by atoms with Crippen LogP contribution in [0.5, 0.6) is 0 Å². The maximum Gasteiger partial charge on any atom is 0.243 e. The highest BCUT2D eigenvalue weighted by molar-refractivity contribution is 9.10. The summed E-state index contributed by atoms with van der Waals surface area (Å²) >= 11 is 4.59. The standard InChI is InChI=1S/C12H12BrFN2O2S2/c13-9-6-10(14)12(7-11(9)15)20(17,18)16-4-3-8-2-1-5-19-8/h1-2,5-7,16H,3-4,15H2. The summed E-state index contributed by atoms with van der Waals surface area (Å²) in [6.07, 6.45) is 0.560. The summed E-state index contributed by atoms with van der Waals surface area (Å²) in [5.41, 5.74) is 5.76. The Morgan fingerprint density at radius 3 is 2.80 bits per heavy atom. The van der Waals surface area contributed by atoms with E-state index in [0.717, 1.165) is 17.0 Å². The van der Waals surface area contributed by atoms with Crippen molar-refractivity contribution in [1.29, 1.82) is 0 Å². The van der Waals surface area contributed by atoms with Gasteiger partial charge in [-0.05, 0) is 45.9 Å². The Hall–Kier alpha value is -0.960. The van der Waals surface area contributed by atoms with E-state index in [2.05, 4.69) is 20.7 Å². The first-order chi connectivity index (χ1) is 9.40. The summed E-state index contributed by atoms with van der Waals surface area (Å²) in [6.45, 7) is 0.207. The maximum atomic E-state index is 13.7. The highest BCUT2D eigenvalue weighted by Crippen LogP contribution is 2.25. The van der Waals surface area contributed by atoms with Gasteiger partial charge in [0.15, 0.2) is 0 Å². The second-order valence-electron chi connectivity index (χ2n) is 4.03. The molecule has 0 aliphatic rings. The molecule has 108 valence electrons. The van der Waals surface area contributed by atoms with Crippen molar-refractivity contribution in [2.45, 2.75) is 11.3 Å². The molecule has 2 rings (SSSR count). The molecule has 0 bridgehead atoms. The van der Waals surface area contributed by atoms with Crippen LogP contribution in [0, 0.1) is 5.82 Å². The Balaban J connectivity index is 2.12. The van der Waals surface area contributed by atoms with Gasteiger partial charge in [-0.3, -0.25) is 0 Å². The molecule has 8 heteroatoms. The first kappa shape index (κ1) is 15.4. The molecule has 0 amide bonds. The molecular weight excluding hydrogens is 367 g/mol. The average Bonchev–Trinajstić information content (AvgIpc) is 2.86. The molecule has 0 saturated heterocycles. The summed E-state index contributed by atoms with van der Waals surface area (Å²) in [6, 6.07) is 5.96. The fraction of sp³-hybridized carbons (Fsp3) is 0.167. The van der Waals surface area contributed by atoms with Gasteiger partial charge < -0.3 is 5.73 Å². The molecule has 20 heavy (non-hydrogen) atoms. The van der Waals surface area contributed by atoms with Crippen LogP contribution in [0.25, 0.3) is 0 Å². The van der Waals surface area contributed by atoms with E-state index in [0.29, 0.717) is 10.9 Å². The molecule has 0 spiro atoms. The Morgan fingerprint density at radius 2 is 2.15 bits per heavy atom. The topological polar surface area (TPSA) is 72.2 Å². The van der Waals surface area contributed by atoms with E-state index in [4.69, 9.17) is 5.73 Å². The molecule has 1 aromatic carbocycles. The zero-order valence-electron chi connectivity index (χ0n) is 10.3. The van der Waals surface area contributed by atoms with E-state index in [1.807, 2.05) is 17.5 Å². The van der Waals surface area contributed by atoms with Crippen molar-refractivity contribution in [1.82, 2.24) is 4.72 Å². The summed E-state index contributed by atoms with van der Waals surface area (Å²) in [5.74, 6) is -0.838. The number of sulfonamides is 1.